The van der Waals surface area contributed by atoms with Gasteiger partial charge in [-0.25, -0.2) is 4.39 Å². The minimum atomic E-state index is -1.41. The van der Waals surface area contributed by atoms with E-state index in [1.807, 2.05) is 37.3 Å². The third-order valence-corrected chi connectivity index (χ3v) is 6.88. The van der Waals surface area contributed by atoms with Crippen molar-refractivity contribution in [2.24, 2.45) is 0 Å². The van der Waals surface area contributed by atoms with Crippen molar-refractivity contribution in [1.82, 2.24) is 0 Å². The van der Waals surface area contributed by atoms with Gasteiger partial charge in [0.05, 0.1) is 6.61 Å². The van der Waals surface area contributed by atoms with E-state index in [2.05, 4.69) is 0 Å². The number of aryl methyl sites for hydroxylation is 1. The van der Waals surface area contributed by atoms with Crippen LogP contribution in [0, 0.1) is 12.7 Å². The summed E-state index contributed by atoms with van der Waals surface area (Å²) in [5.74, 6) is -0.263. The zero-order chi connectivity index (χ0) is 22.1. The van der Waals surface area contributed by atoms with Crippen molar-refractivity contribution in [3.63, 3.8) is 0 Å². The molecule has 172 valence electrons. The van der Waals surface area contributed by atoms with E-state index in [9.17, 15) is 24.8 Å². The molecule has 5 atom stereocenters. The van der Waals surface area contributed by atoms with E-state index in [-0.39, 0.29) is 18.2 Å². The molecule has 1 aliphatic rings. The first-order chi connectivity index (χ1) is 14.9. The lowest BCUT2D eigenvalue weighted by Gasteiger charge is -2.40. The summed E-state index contributed by atoms with van der Waals surface area (Å²) in [6, 6.07) is 16.2. The fourth-order valence-electron chi connectivity index (χ4n) is 3.87. The summed E-state index contributed by atoms with van der Waals surface area (Å²) < 4.78 is 18.9. The molecule has 2 heterocycles. The molecule has 0 aliphatic carbocycles. The van der Waals surface area contributed by atoms with Crippen LogP contribution in [-0.2, 0) is 11.2 Å². The predicted octanol–water partition coefficient (Wildman–Crippen LogP) is 3.39. The monoisotopic (exact) mass is 480 g/mol. The second-order valence-corrected chi connectivity index (χ2v) is 9.05. The molecular weight excluding hydrogens is 455 g/mol. The molecule has 1 aromatic heterocycles. The molecule has 0 unspecified atom stereocenters. The number of aliphatic hydroxyl groups excluding tert-OH is 4. The lowest BCUT2D eigenvalue weighted by atomic mass is 9.89. The summed E-state index contributed by atoms with van der Waals surface area (Å²) in [5.41, 5.74) is 3.75. The maximum Gasteiger partial charge on any atom is 0.123 e. The number of benzene rings is 2. The van der Waals surface area contributed by atoms with Gasteiger partial charge < -0.3 is 25.2 Å². The van der Waals surface area contributed by atoms with Gasteiger partial charge in [-0.3, -0.25) is 0 Å². The van der Waals surface area contributed by atoms with Crippen LogP contribution in [0.15, 0.2) is 54.6 Å². The van der Waals surface area contributed by atoms with Gasteiger partial charge in [0, 0.05) is 16.2 Å². The molecule has 3 aromatic rings. The van der Waals surface area contributed by atoms with Crippen LogP contribution in [0.1, 0.15) is 27.7 Å². The number of ether oxygens (including phenoxy) is 1. The second-order valence-electron chi connectivity index (χ2n) is 7.89. The summed E-state index contributed by atoms with van der Waals surface area (Å²) in [6.45, 7) is 1.54. The highest BCUT2D eigenvalue weighted by Gasteiger charge is 2.43. The van der Waals surface area contributed by atoms with E-state index >= 15 is 0 Å². The topological polar surface area (TPSA) is 90.2 Å². The Kier molecular flexibility index (Phi) is 8.06. The Bertz CT molecular complexity index is 1040. The van der Waals surface area contributed by atoms with Crippen LogP contribution in [0.5, 0.6) is 0 Å². The van der Waals surface area contributed by atoms with Crippen LogP contribution in [0.3, 0.4) is 0 Å². The number of rotatable bonds is 5. The van der Waals surface area contributed by atoms with Gasteiger partial charge in [0.15, 0.2) is 0 Å². The first kappa shape index (κ1) is 24.8. The molecule has 0 bridgehead atoms. The van der Waals surface area contributed by atoms with Gasteiger partial charge in [-0.1, -0.05) is 30.3 Å². The summed E-state index contributed by atoms with van der Waals surface area (Å²) in [6.07, 6.45) is -5.21. The van der Waals surface area contributed by atoms with Crippen LogP contribution >= 0.6 is 23.7 Å². The largest absolute Gasteiger partial charge is 0.394 e. The highest BCUT2D eigenvalue weighted by Crippen LogP contribution is 2.35. The predicted molar refractivity (Wildman–Crippen MR) is 124 cm³/mol. The maximum atomic E-state index is 13.2. The molecule has 1 fully saturated rings. The fourth-order valence-corrected chi connectivity index (χ4v) is 4.90. The number of hydrogen-bond donors (Lipinski definition) is 4. The SMILES string of the molecule is Cc1ccc([C@@H]2O[C@H](CO)[C@@H](O)[C@H](O)[C@H]2O)cc1Cc1ccc(-c2ccc(F)cc2)s1.Cl. The summed E-state index contributed by atoms with van der Waals surface area (Å²) in [4.78, 5) is 2.19. The van der Waals surface area contributed by atoms with Gasteiger partial charge in [-0.2, -0.15) is 0 Å². The van der Waals surface area contributed by atoms with Gasteiger partial charge in [0.2, 0.25) is 0 Å². The van der Waals surface area contributed by atoms with E-state index in [4.69, 9.17) is 4.74 Å². The van der Waals surface area contributed by atoms with E-state index < -0.39 is 37.1 Å². The van der Waals surface area contributed by atoms with Crippen LogP contribution in [0.25, 0.3) is 10.4 Å². The van der Waals surface area contributed by atoms with Crippen LogP contribution in [-0.4, -0.2) is 51.4 Å². The summed E-state index contributed by atoms with van der Waals surface area (Å²) >= 11 is 1.63. The number of aliphatic hydroxyl groups is 4. The highest BCUT2D eigenvalue weighted by molar-refractivity contribution is 7.15. The van der Waals surface area contributed by atoms with Crippen LogP contribution < -0.4 is 0 Å². The fraction of sp³-hybridized carbons (Fsp3) is 0.333. The van der Waals surface area contributed by atoms with Crippen molar-refractivity contribution < 1.29 is 29.6 Å². The van der Waals surface area contributed by atoms with Crippen molar-refractivity contribution in [3.05, 3.63) is 82.0 Å². The zero-order valence-electron chi connectivity index (χ0n) is 17.4. The Balaban J connectivity index is 0.00000289. The highest BCUT2D eigenvalue weighted by atomic mass is 35.5. The average molecular weight is 481 g/mol. The molecule has 0 saturated carbocycles. The first-order valence-electron chi connectivity index (χ1n) is 10.1. The van der Waals surface area contributed by atoms with E-state index in [0.29, 0.717) is 12.0 Å². The van der Waals surface area contributed by atoms with Crippen LogP contribution in [0.4, 0.5) is 4.39 Å². The molecule has 0 spiro atoms. The molecule has 1 aliphatic heterocycles. The number of halogens is 2. The van der Waals surface area contributed by atoms with Crippen molar-refractivity contribution >= 4 is 23.7 Å². The normalized spacial score (nSPS) is 25.4. The van der Waals surface area contributed by atoms with E-state index in [1.54, 1.807) is 23.5 Å². The molecular formula is C24H26ClFO5S. The molecule has 4 N–H and O–H groups in total. The third-order valence-electron chi connectivity index (χ3n) is 5.75. The van der Waals surface area contributed by atoms with E-state index in [1.165, 1.54) is 12.1 Å². The zero-order valence-corrected chi connectivity index (χ0v) is 19.0. The van der Waals surface area contributed by atoms with Crippen molar-refractivity contribution in [1.29, 1.82) is 0 Å². The Morgan fingerprint density at radius 3 is 2.34 bits per heavy atom. The van der Waals surface area contributed by atoms with E-state index in [0.717, 1.165) is 26.4 Å². The Hall–Kier alpha value is -1.84. The second kappa shape index (κ2) is 10.4. The summed E-state index contributed by atoms with van der Waals surface area (Å²) in [7, 11) is 0. The lowest BCUT2D eigenvalue weighted by Crippen LogP contribution is -2.55. The molecule has 32 heavy (non-hydrogen) atoms. The maximum absolute atomic E-state index is 13.2. The van der Waals surface area contributed by atoms with Crippen molar-refractivity contribution in [2.45, 2.75) is 43.9 Å². The average Bonchev–Trinajstić information content (AvgIpc) is 3.23. The molecule has 8 heteroatoms. The lowest BCUT2D eigenvalue weighted by molar-refractivity contribution is -0.231. The van der Waals surface area contributed by atoms with Gasteiger partial charge in [0.25, 0.3) is 0 Å². The Morgan fingerprint density at radius 1 is 0.938 bits per heavy atom. The van der Waals surface area contributed by atoms with Gasteiger partial charge in [-0.05, 0) is 53.4 Å². The number of hydrogen-bond acceptors (Lipinski definition) is 6. The van der Waals surface area contributed by atoms with Crippen molar-refractivity contribution in [3.8, 4) is 10.4 Å². The standard InChI is InChI=1S/C24H25FO5S.ClH/c1-13-2-3-15(24-23(29)22(28)21(27)19(12-26)30-24)10-16(13)11-18-8-9-20(31-18)14-4-6-17(25)7-5-14;/h2-10,19,21-24,26-29H,11-12H2,1H3;1H/t19-,21-,22+,23-,24+;/m1./s1. The minimum absolute atomic E-state index is 0. The van der Waals surface area contributed by atoms with Gasteiger partial charge in [0.1, 0.15) is 36.3 Å². The molecule has 0 radical (unpaired) electrons. The molecule has 4 rings (SSSR count). The molecule has 5 nitrogen and oxygen atoms in total. The molecule has 0 amide bonds. The minimum Gasteiger partial charge on any atom is -0.394 e. The third kappa shape index (κ3) is 5.05. The smallest absolute Gasteiger partial charge is 0.123 e. The van der Waals surface area contributed by atoms with Gasteiger partial charge >= 0.3 is 0 Å². The summed E-state index contributed by atoms with van der Waals surface area (Å²) in [5, 5.41) is 40.0. The van der Waals surface area contributed by atoms with Crippen molar-refractivity contribution in [2.75, 3.05) is 6.61 Å². The molecule has 1 saturated heterocycles. The Labute approximate surface area is 196 Å². The first-order valence-corrected chi connectivity index (χ1v) is 10.9. The van der Waals surface area contributed by atoms with Crippen LogP contribution in [0.2, 0.25) is 0 Å². The molecule has 2 aromatic carbocycles. The van der Waals surface area contributed by atoms with Gasteiger partial charge in [-0.15, -0.1) is 23.7 Å². The quantitative estimate of drug-likeness (QED) is 0.449. The Morgan fingerprint density at radius 2 is 1.66 bits per heavy atom. The number of thiophene rings is 1.